The number of rotatable bonds is 10. The van der Waals surface area contributed by atoms with E-state index in [1.54, 1.807) is 43.5 Å². The van der Waals surface area contributed by atoms with Crippen molar-refractivity contribution in [1.82, 2.24) is 4.98 Å². The zero-order valence-electron chi connectivity index (χ0n) is 20.2. The van der Waals surface area contributed by atoms with Gasteiger partial charge in [-0.15, -0.1) is 0 Å². The molecule has 3 aromatic carbocycles. The second kappa shape index (κ2) is 11.6. The fourth-order valence-corrected chi connectivity index (χ4v) is 4.20. The summed E-state index contributed by atoms with van der Waals surface area (Å²) in [7, 11) is 0. The second-order valence-corrected chi connectivity index (χ2v) is 8.82. The number of aliphatic carboxylic acids is 1. The summed E-state index contributed by atoms with van der Waals surface area (Å²) in [6, 6.07) is 23.7. The first-order valence-corrected chi connectivity index (χ1v) is 11.9. The standard InChI is InChI=1S/C30H29FN2O3/c1-20(32)26-9-6-10-27(30(26)31)24-16-21(12-13-25-8-4-5-14-33-25)15-22(17-24)19-36-28-11-3-2-7-23(28)18-29(34)35/h2-11,14-17,20H,12-13,18-19,32H2,1H3,(H,34,35)/t20-/m1/s1. The first-order valence-electron chi connectivity index (χ1n) is 11.9. The van der Waals surface area contributed by atoms with Crippen LogP contribution in [0.2, 0.25) is 0 Å². The Hall–Kier alpha value is -4.03. The van der Waals surface area contributed by atoms with Gasteiger partial charge >= 0.3 is 5.97 Å². The van der Waals surface area contributed by atoms with Gasteiger partial charge < -0.3 is 15.6 Å². The maximum Gasteiger partial charge on any atom is 0.307 e. The predicted octanol–water partition coefficient (Wildman–Crippen LogP) is 5.90. The molecule has 0 radical (unpaired) electrons. The molecule has 0 fully saturated rings. The third kappa shape index (κ3) is 6.34. The van der Waals surface area contributed by atoms with Gasteiger partial charge in [0.25, 0.3) is 0 Å². The smallest absolute Gasteiger partial charge is 0.307 e. The van der Waals surface area contributed by atoms with Crippen molar-refractivity contribution >= 4 is 5.97 Å². The minimum absolute atomic E-state index is 0.124. The Labute approximate surface area is 210 Å². The van der Waals surface area contributed by atoms with Gasteiger partial charge in [0.1, 0.15) is 18.2 Å². The van der Waals surface area contributed by atoms with E-state index in [4.69, 9.17) is 10.5 Å². The van der Waals surface area contributed by atoms with E-state index in [0.29, 0.717) is 22.4 Å². The van der Waals surface area contributed by atoms with E-state index < -0.39 is 12.0 Å². The number of hydrogen-bond donors (Lipinski definition) is 2. The van der Waals surface area contributed by atoms with Gasteiger partial charge in [0.05, 0.1) is 6.42 Å². The van der Waals surface area contributed by atoms with Crippen molar-refractivity contribution in [2.45, 2.75) is 38.8 Å². The van der Waals surface area contributed by atoms with Crippen LogP contribution in [0.5, 0.6) is 5.75 Å². The zero-order chi connectivity index (χ0) is 25.5. The van der Waals surface area contributed by atoms with Crippen LogP contribution in [0.25, 0.3) is 11.1 Å². The van der Waals surface area contributed by atoms with E-state index in [2.05, 4.69) is 4.98 Å². The van der Waals surface area contributed by atoms with Gasteiger partial charge in [-0.05, 0) is 60.7 Å². The molecule has 0 aliphatic heterocycles. The summed E-state index contributed by atoms with van der Waals surface area (Å²) < 4.78 is 21.4. The van der Waals surface area contributed by atoms with Crippen LogP contribution in [-0.2, 0) is 30.7 Å². The van der Waals surface area contributed by atoms with Crippen LogP contribution < -0.4 is 10.5 Å². The van der Waals surface area contributed by atoms with Crippen molar-refractivity contribution in [1.29, 1.82) is 0 Å². The molecule has 0 bridgehead atoms. The highest BCUT2D eigenvalue weighted by molar-refractivity contribution is 5.71. The molecule has 36 heavy (non-hydrogen) atoms. The lowest BCUT2D eigenvalue weighted by Crippen LogP contribution is -2.08. The molecule has 4 rings (SSSR count). The molecule has 0 saturated heterocycles. The average molecular weight is 485 g/mol. The van der Waals surface area contributed by atoms with Crippen LogP contribution in [0.1, 0.15) is 40.9 Å². The maximum atomic E-state index is 15.4. The second-order valence-electron chi connectivity index (χ2n) is 8.82. The molecule has 1 aromatic heterocycles. The van der Waals surface area contributed by atoms with E-state index in [9.17, 15) is 9.90 Å². The summed E-state index contributed by atoms with van der Waals surface area (Å²) in [5.41, 5.74) is 11.1. The van der Waals surface area contributed by atoms with Crippen LogP contribution in [0.15, 0.2) is 85.1 Å². The summed E-state index contributed by atoms with van der Waals surface area (Å²) in [5, 5.41) is 9.21. The van der Waals surface area contributed by atoms with Gasteiger partial charge in [-0.3, -0.25) is 9.78 Å². The number of pyridine rings is 1. The number of nitrogens with two attached hydrogens (primary N) is 1. The minimum atomic E-state index is -0.922. The first kappa shape index (κ1) is 25.1. The van der Waals surface area contributed by atoms with E-state index >= 15 is 4.39 Å². The van der Waals surface area contributed by atoms with Gasteiger partial charge in [0, 0.05) is 34.6 Å². The highest BCUT2D eigenvalue weighted by Gasteiger charge is 2.15. The van der Waals surface area contributed by atoms with Crippen LogP contribution in [0, 0.1) is 5.82 Å². The van der Waals surface area contributed by atoms with Crippen LogP contribution >= 0.6 is 0 Å². The molecule has 0 unspecified atom stereocenters. The largest absolute Gasteiger partial charge is 0.489 e. The molecular formula is C30H29FN2O3. The van der Waals surface area contributed by atoms with Crippen LogP contribution in [-0.4, -0.2) is 16.1 Å². The Bertz CT molecular complexity index is 1340. The fourth-order valence-electron chi connectivity index (χ4n) is 4.20. The van der Waals surface area contributed by atoms with Crippen molar-refractivity contribution in [2.24, 2.45) is 5.73 Å². The van der Waals surface area contributed by atoms with Gasteiger partial charge in [0.15, 0.2) is 0 Å². The maximum absolute atomic E-state index is 15.4. The van der Waals surface area contributed by atoms with Crippen molar-refractivity contribution in [3.05, 3.63) is 119 Å². The third-order valence-electron chi connectivity index (χ3n) is 5.99. The lowest BCUT2D eigenvalue weighted by Gasteiger charge is -2.15. The normalized spacial score (nSPS) is 11.8. The Kier molecular flexibility index (Phi) is 8.08. The Balaban J connectivity index is 1.66. The van der Waals surface area contributed by atoms with Crippen molar-refractivity contribution in [3.8, 4) is 16.9 Å². The molecule has 0 amide bonds. The van der Waals surface area contributed by atoms with Crippen LogP contribution in [0.3, 0.4) is 0 Å². The number of benzene rings is 3. The number of aromatic nitrogens is 1. The third-order valence-corrected chi connectivity index (χ3v) is 5.99. The molecular weight excluding hydrogens is 455 g/mol. The fraction of sp³-hybridized carbons (Fsp3) is 0.200. The highest BCUT2D eigenvalue weighted by atomic mass is 19.1. The zero-order valence-corrected chi connectivity index (χ0v) is 20.2. The predicted molar refractivity (Wildman–Crippen MR) is 138 cm³/mol. The summed E-state index contributed by atoms with van der Waals surface area (Å²) >= 11 is 0. The van der Waals surface area contributed by atoms with Gasteiger partial charge in [-0.25, -0.2) is 4.39 Å². The number of aryl methyl sites for hydroxylation is 2. The topological polar surface area (TPSA) is 85.4 Å². The van der Waals surface area contributed by atoms with Gasteiger partial charge in [-0.2, -0.15) is 0 Å². The molecule has 6 heteroatoms. The average Bonchev–Trinajstić information content (AvgIpc) is 2.87. The molecule has 0 spiro atoms. The molecule has 0 aliphatic rings. The van der Waals surface area contributed by atoms with Crippen LogP contribution in [0.4, 0.5) is 4.39 Å². The minimum Gasteiger partial charge on any atom is -0.489 e. The number of halogens is 1. The molecule has 5 nitrogen and oxygen atoms in total. The number of nitrogens with zero attached hydrogens (tertiary/aromatic N) is 1. The molecule has 0 saturated carbocycles. The quantitative estimate of drug-likeness (QED) is 0.293. The van der Waals surface area contributed by atoms with E-state index in [0.717, 1.165) is 35.2 Å². The lowest BCUT2D eigenvalue weighted by molar-refractivity contribution is -0.136. The number of carboxylic acid groups (broad SMARTS) is 1. The summed E-state index contributed by atoms with van der Waals surface area (Å²) in [5.74, 6) is -0.729. The molecule has 4 aromatic rings. The van der Waals surface area contributed by atoms with E-state index in [1.165, 1.54) is 0 Å². The summed E-state index contributed by atoms with van der Waals surface area (Å²) in [6.07, 6.45) is 3.12. The summed E-state index contributed by atoms with van der Waals surface area (Å²) in [4.78, 5) is 15.6. The molecule has 3 N–H and O–H groups in total. The summed E-state index contributed by atoms with van der Waals surface area (Å²) in [6.45, 7) is 1.98. The van der Waals surface area contributed by atoms with Crippen molar-refractivity contribution in [2.75, 3.05) is 0 Å². The Morgan fingerprint density at radius 1 is 1.00 bits per heavy atom. The number of carbonyl (C=O) groups is 1. The molecule has 1 atom stereocenters. The van der Waals surface area contributed by atoms with Gasteiger partial charge in [0.2, 0.25) is 0 Å². The van der Waals surface area contributed by atoms with E-state index in [-0.39, 0.29) is 18.8 Å². The van der Waals surface area contributed by atoms with Gasteiger partial charge in [-0.1, -0.05) is 54.6 Å². The Morgan fingerprint density at radius 3 is 2.53 bits per heavy atom. The number of ether oxygens (including phenoxy) is 1. The van der Waals surface area contributed by atoms with E-state index in [1.807, 2.05) is 48.5 Å². The van der Waals surface area contributed by atoms with Crippen molar-refractivity contribution < 1.29 is 19.0 Å². The highest BCUT2D eigenvalue weighted by Crippen LogP contribution is 2.30. The molecule has 1 heterocycles. The Morgan fingerprint density at radius 2 is 1.78 bits per heavy atom. The monoisotopic (exact) mass is 484 g/mol. The molecule has 0 aliphatic carbocycles. The SMILES string of the molecule is C[C@@H](N)c1cccc(-c2cc(CCc3ccccn3)cc(COc3ccccc3CC(=O)O)c2)c1F. The lowest BCUT2D eigenvalue weighted by atomic mass is 9.94. The number of hydrogen-bond acceptors (Lipinski definition) is 4. The molecule has 184 valence electrons. The number of para-hydroxylation sites is 1. The number of carboxylic acids is 1. The first-order chi connectivity index (χ1) is 17.4. The van der Waals surface area contributed by atoms with Crippen molar-refractivity contribution in [3.63, 3.8) is 0 Å².